The number of fused-ring (bicyclic) bond motifs is 1. The average molecular weight is 296 g/mol. The molecule has 0 fully saturated rings. The number of nitrogens with one attached hydrogen (secondary N) is 3. The molecule has 2 aromatic heterocycles. The van der Waals surface area contributed by atoms with Crippen molar-refractivity contribution in [1.82, 2.24) is 20.4 Å². The minimum atomic E-state index is -0.382. The van der Waals surface area contributed by atoms with Crippen LogP contribution in [0.1, 0.15) is 16.2 Å². The Morgan fingerprint density at radius 2 is 1.95 bits per heavy atom. The first-order valence-electron chi connectivity index (χ1n) is 6.92. The zero-order chi connectivity index (χ0) is 15.5. The quantitative estimate of drug-likeness (QED) is 0.644. The monoisotopic (exact) mass is 296 g/mol. The van der Waals surface area contributed by atoms with Crippen molar-refractivity contribution in [3.63, 3.8) is 0 Å². The fourth-order valence-electron chi connectivity index (χ4n) is 2.41. The molecule has 22 heavy (non-hydrogen) atoms. The third-order valence-corrected chi connectivity index (χ3v) is 3.48. The molecule has 0 bridgehead atoms. The number of amides is 2. The van der Waals surface area contributed by atoms with Crippen LogP contribution < -0.4 is 10.9 Å². The van der Waals surface area contributed by atoms with Gasteiger partial charge in [0.25, 0.3) is 11.8 Å². The van der Waals surface area contributed by atoms with Gasteiger partial charge in [-0.05, 0) is 36.6 Å². The lowest BCUT2D eigenvalue weighted by atomic mass is 10.2. The van der Waals surface area contributed by atoms with Gasteiger partial charge in [0.1, 0.15) is 12.2 Å². The summed E-state index contributed by atoms with van der Waals surface area (Å²) in [7, 11) is 0. The number of rotatable bonds is 3. The van der Waals surface area contributed by atoms with Crippen molar-refractivity contribution in [3.05, 3.63) is 60.0 Å². The number of benzene rings is 1. The van der Waals surface area contributed by atoms with Crippen LogP contribution in [0, 0.1) is 6.92 Å². The molecule has 0 saturated carbocycles. The Morgan fingerprint density at radius 1 is 1.14 bits per heavy atom. The topological polar surface area (TPSA) is 78.9 Å². The van der Waals surface area contributed by atoms with Crippen LogP contribution in [0.4, 0.5) is 0 Å². The van der Waals surface area contributed by atoms with Crippen LogP contribution in [-0.2, 0) is 11.3 Å². The first kappa shape index (κ1) is 13.9. The van der Waals surface area contributed by atoms with E-state index >= 15 is 0 Å². The highest BCUT2D eigenvalue weighted by Gasteiger charge is 2.11. The molecular weight excluding hydrogens is 280 g/mol. The molecule has 0 saturated heterocycles. The average Bonchev–Trinajstić information content (AvgIpc) is 3.14. The molecule has 6 nitrogen and oxygen atoms in total. The largest absolute Gasteiger partial charge is 0.357 e. The second kappa shape index (κ2) is 5.77. The van der Waals surface area contributed by atoms with Gasteiger partial charge in [-0.1, -0.05) is 18.2 Å². The van der Waals surface area contributed by atoms with Gasteiger partial charge >= 0.3 is 0 Å². The summed E-state index contributed by atoms with van der Waals surface area (Å²) in [5.74, 6) is -0.670. The fourth-order valence-corrected chi connectivity index (χ4v) is 2.41. The number of para-hydroxylation sites is 1. The number of aromatic nitrogens is 2. The summed E-state index contributed by atoms with van der Waals surface area (Å²) < 4.78 is 1.91. The van der Waals surface area contributed by atoms with Crippen molar-refractivity contribution in [2.75, 3.05) is 0 Å². The maximum atomic E-state index is 12.0. The van der Waals surface area contributed by atoms with Gasteiger partial charge in [0.05, 0.1) is 0 Å². The molecule has 2 heterocycles. The van der Waals surface area contributed by atoms with Gasteiger partial charge in [-0.2, -0.15) is 0 Å². The summed E-state index contributed by atoms with van der Waals surface area (Å²) in [4.78, 5) is 26.5. The Hall–Kier alpha value is -3.02. The number of carbonyl (C=O) groups excluding carboxylic acids is 2. The van der Waals surface area contributed by atoms with Gasteiger partial charge in [-0.15, -0.1) is 0 Å². The van der Waals surface area contributed by atoms with Gasteiger partial charge in [0.15, 0.2) is 0 Å². The maximum Gasteiger partial charge on any atom is 0.286 e. The Morgan fingerprint density at radius 3 is 2.73 bits per heavy atom. The van der Waals surface area contributed by atoms with Gasteiger partial charge in [-0.25, -0.2) is 0 Å². The molecule has 2 amide bonds. The highest BCUT2D eigenvalue weighted by Crippen LogP contribution is 2.18. The van der Waals surface area contributed by atoms with E-state index in [0.717, 1.165) is 16.6 Å². The standard InChI is InChI=1S/C16H16N4O2/c1-11-9-12-5-2-3-7-14(12)20(11)10-15(21)18-19-16(22)13-6-4-8-17-13/h2-9,17H,10H2,1H3,(H,18,21)(H,19,22). The van der Waals surface area contributed by atoms with Crippen LogP contribution in [0.3, 0.4) is 0 Å². The number of hydrogen-bond donors (Lipinski definition) is 3. The lowest BCUT2D eigenvalue weighted by Crippen LogP contribution is -2.43. The van der Waals surface area contributed by atoms with Crippen LogP contribution in [0.15, 0.2) is 48.7 Å². The van der Waals surface area contributed by atoms with E-state index in [1.54, 1.807) is 18.3 Å². The third kappa shape index (κ3) is 2.71. The Kier molecular flexibility index (Phi) is 3.65. The van der Waals surface area contributed by atoms with Crippen LogP contribution in [0.2, 0.25) is 0 Å². The summed E-state index contributed by atoms with van der Waals surface area (Å²) >= 11 is 0. The van der Waals surface area contributed by atoms with E-state index in [9.17, 15) is 9.59 Å². The number of H-pyrrole nitrogens is 1. The van der Waals surface area contributed by atoms with E-state index in [1.165, 1.54) is 0 Å². The smallest absolute Gasteiger partial charge is 0.286 e. The molecular formula is C16H16N4O2. The molecule has 0 spiro atoms. The van der Waals surface area contributed by atoms with E-state index < -0.39 is 0 Å². The summed E-state index contributed by atoms with van der Waals surface area (Å²) in [5, 5.41) is 1.09. The van der Waals surface area contributed by atoms with Crippen molar-refractivity contribution in [2.45, 2.75) is 13.5 Å². The van der Waals surface area contributed by atoms with Crippen LogP contribution in [0.5, 0.6) is 0 Å². The zero-order valence-corrected chi connectivity index (χ0v) is 12.1. The molecule has 112 valence electrons. The molecule has 0 aliphatic rings. The van der Waals surface area contributed by atoms with E-state index in [0.29, 0.717) is 5.69 Å². The van der Waals surface area contributed by atoms with Gasteiger partial charge in [0.2, 0.25) is 0 Å². The zero-order valence-electron chi connectivity index (χ0n) is 12.1. The molecule has 0 radical (unpaired) electrons. The van der Waals surface area contributed by atoms with E-state index in [1.807, 2.05) is 41.8 Å². The second-order valence-electron chi connectivity index (χ2n) is 5.02. The first-order chi connectivity index (χ1) is 10.6. The number of nitrogens with zero attached hydrogens (tertiary/aromatic N) is 1. The molecule has 0 aliphatic heterocycles. The van der Waals surface area contributed by atoms with Gasteiger partial charge in [-0.3, -0.25) is 20.4 Å². The lowest BCUT2D eigenvalue weighted by Gasteiger charge is -2.10. The summed E-state index contributed by atoms with van der Waals surface area (Å²) in [6.07, 6.45) is 1.64. The minimum Gasteiger partial charge on any atom is -0.357 e. The third-order valence-electron chi connectivity index (χ3n) is 3.48. The number of hydrazine groups is 1. The Labute approximate surface area is 127 Å². The molecule has 0 atom stereocenters. The normalized spacial score (nSPS) is 10.6. The summed E-state index contributed by atoms with van der Waals surface area (Å²) in [6, 6.07) is 13.2. The molecule has 0 unspecified atom stereocenters. The Bertz CT molecular complexity index is 818. The lowest BCUT2D eigenvalue weighted by molar-refractivity contribution is -0.122. The predicted octanol–water partition coefficient (Wildman–Crippen LogP) is 1.74. The summed E-state index contributed by atoms with van der Waals surface area (Å²) in [5.41, 5.74) is 7.18. The Balaban J connectivity index is 1.66. The van der Waals surface area contributed by atoms with Crippen LogP contribution in [0.25, 0.3) is 10.9 Å². The molecule has 6 heteroatoms. The minimum absolute atomic E-state index is 0.143. The molecule has 3 rings (SSSR count). The van der Waals surface area contributed by atoms with Crippen molar-refractivity contribution < 1.29 is 9.59 Å². The van der Waals surface area contributed by atoms with Crippen molar-refractivity contribution >= 4 is 22.7 Å². The summed E-state index contributed by atoms with van der Waals surface area (Å²) in [6.45, 7) is 2.09. The number of aryl methyl sites for hydroxylation is 1. The van der Waals surface area contributed by atoms with E-state index in [-0.39, 0.29) is 18.4 Å². The van der Waals surface area contributed by atoms with Crippen molar-refractivity contribution in [1.29, 1.82) is 0 Å². The highest BCUT2D eigenvalue weighted by molar-refractivity contribution is 5.93. The molecule has 3 N–H and O–H groups in total. The van der Waals surface area contributed by atoms with Crippen LogP contribution in [-0.4, -0.2) is 21.4 Å². The van der Waals surface area contributed by atoms with E-state index in [2.05, 4.69) is 15.8 Å². The predicted molar refractivity (Wildman–Crippen MR) is 83.1 cm³/mol. The van der Waals surface area contributed by atoms with Gasteiger partial charge < -0.3 is 9.55 Å². The van der Waals surface area contributed by atoms with E-state index in [4.69, 9.17) is 0 Å². The molecule has 0 aliphatic carbocycles. The first-order valence-corrected chi connectivity index (χ1v) is 6.92. The number of carbonyl (C=O) groups is 2. The second-order valence-corrected chi connectivity index (χ2v) is 5.02. The molecule has 3 aromatic rings. The van der Waals surface area contributed by atoms with Gasteiger partial charge in [0, 0.05) is 17.4 Å². The molecule has 1 aromatic carbocycles. The van der Waals surface area contributed by atoms with Crippen LogP contribution >= 0.6 is 0 Å². The van der Waals surface area contributed by atoms with Crippen molar-refractivity contribution in [3.8, 4) is 0 Å². The van der Waals surface area contributed by atoms with Crippen molar-refractivity contribution in [2.24, 2.45) is 0 Å². The highest BCUT2D eigenvalue weighted by atomic mass is 16.2. The number of hydrogen-bond acceptors (Lipinski definition) is 2. The SMILES string of the molecule is Cc1cc2ccccc2n1CC(=O)NNC(=O)c1ccc[nH]1. The fraction of sp³-hybridized carbons (Fsp3) is 0.125. The maximum absolute atomic E-state index is 12.0. The number of aromatic amines is 1.